The predicted molar refractivity (Wildman–Crippen MR) is 112 cm³/mol. The van der Waals surface area contributed by atoms with Crippen molar-refractivity contribution >= 4 is 11.6 Å². The van der Waals surface area contributed by atoms with Crippen LogP contribution >= 0.6 is 11.6 Å². The van der Waals surface area contributed by atoms with Crippen LogP contribution in [0.15, 0.2) is 42.6 Å². The fraction of sp³-hybridized carbons (Fsp3) is 0.273. The first-order valence-corrected chi connectivity index (χ1v) is 10.2. The molecule has 0 radical (unpaired) electrons. The van der Waals surface area contributed by atoms with Gasteiger partial charge in [0.25, 0.3) is 0 Å². The molecule has 2 aromatic heterocycles. The molecule has 6 nitrogen and oxygen atoms in total. The van der Waals surface area contributed by atoms with Crippen molar-refractivity contribution in [2.75, 3.05) is 6.54 Å². The van der Waals surface area contributed by atoms with Crippen LogP contribution in [0.3, 0.4) is 0 Å². The van der Waals surface area contributed by atoms with Crippen molar-refractivity contribution in [2.24, 2.45) is 5.73 Å². The van der Waals surface area contributed by atoms with Gasteiger partial charge in [0.2, 0.25) is 5.88 Å². The van der Waals surface area contributed by atoms with E-state index in [9.17, 15) is 18.3 Å². The first-order chi connectivity index (χ1) is 15.3. The van der Waals surface area contributed by atoms with E-state index in [-0.39, 0.29) is 16.6 Å². The summed E-state index contributed by atoms with van der Waals surface area (Å²) in [7, 11) is 0. The quantitative estimate of drug-likeness (QED) is 0.535. The summed E-state index contributed by atoms with van der Waals surface area (Å²) in [4.78, 5) is 10.4. The van der Waals surface area contributed by atoms with Crippen LogP contribution in [0.2, 0.25) is 5.02 Å². The Bertz CT molecular complexity index is 1130. The molecule has 10 heteroatoms. The Labute approximate surface area is 187 Å². The summed E-state index contributed by atoms with van der Waals surface area (Å²) in [5.74, 6) is -0.589. The highest BCUT2D eigenvalue weighted by molar-refractivity contribution is 6.33. The standard InChI is InChI=1S/C22H20ClF3N4O2/c23-17-8-13(24)1-2-14(17)16-9-18(21(27)31)29-19-11-30(6-4-15(16)19)10-12-3-5-28-20(7-12)32-22(25)26/h1-3,5,7-9,21-22,31H,4,6,10-11,27H2. The smallest absolute Gasteiger partial charge is 0.388 e. The highest BCUT2D eigenvalue weighted by Gasteiger charge is 2.24. The number of rotatable bonds is 6. The minimum absolute atomic E-state index is 0.144. The van der Waals surface area contributed by atoms with Crippen molar-refractivity contribution in [2.45, 2.75) is 32.3 Å². The van der Waals surface area contributed by atoms with Gasteiger partial charge in [0.15, 0.2) is 0 Å². The SMILES string of the molecule is NC(O)c1cc(-c2ccc(F)cc2Cl)c2c(n1)CN(Cc1ccnc(OC(F)F)c1)CC2. The highest BCUT2D eigenvalue weighted by Crippen LogP contribution is 2.36. The monoisotopic (exact) mass is 464 g/mol. The predicted octanol–water partition coefficient (Wildman–Crippen LogP) is 4.05. The van der Waals surface area contributed by atoms with E-state index in [1.807, 2.05) is 0 Å². The number of hydrogen-bond donors (Lipinski definition) is 2. The lowest BCUT2D eigenvalue weighted by Crippen LogP contribution is -2.32. The van der Waals surface area contributed by atoms with Gasteiger partial charge >= 0.3 is 6.61 Å². The molecule has 32 heavy (non-hydrogen) atoms. The molecule has 3 aromatic rings. The average molecular weight is 465 g/mol. The van der Waals surface area contributed by atoms with Gasteiger partial charge in [-0.25, -0.2) is 9.37 Å². The van der Waals surface area contributed by atoms with Crippen LogP contribution in [0, 0.1) is 5.82 Å². The van der Waals surface area contributed by atoms with E-state index in [4.69, 9.17) is 17.3 Å². The largest absolute Gasteiger partial charge is 0.417 e. The second kappa shape index (κ2) is 9.41. The third-order valence-electron chi connectivity index (χ3n) is 5.22. The Hall–Kier alpha value is -2.72. The molecule has 1 aliphatic rings. The van der Waals surface area contributed by atoms with E-state index < -0.39 is 18.7 Å². The molecule has 3 N–H and O–H groups in total. The lowest BCUT2D eigenvalue weighted by Gasteiger charge is -2.30. The van der Waals surface area contributed by atoms with Crippen molar-refractivity contribution < 1.29 is 23.0 Å². The second-order valence-corrected chi connectivity index (χ2v) is 7.84. The normalized spacial score (nSPS) is 15.0. The van der Waals surface area contributed by atoms with Crippen LogP contribution < -0.4 is 10.5 Å². The van der Waals surface area contributed by atoms with E-state index in [0.29, 0.717) is 37.3 Å². The van der Waals surface area contributed by atoms with Gasteiger partial charge in [-0.1, -0.05) is 11.6 Å². The summed E-state index contributed by atoms with van der Waals surface area (Å²) in [5.41, 5.74) is 9.74. The minimum Gasteiger partial charge on any atom is -0.417 e. The fourth-order valence-corrected chi connectivity index (χ4v) is 4.08. The molecule has 0 bridgehead atoms. The number of hydrogen-bond acceptors (Lipinski definition) is 6. The van der Waals surface area contributed by atoms with Crippen molar-refractivity contribution in [3.8, 4) is 17.0 Å². The average Bonchev–Trinajstić information content (AvgIpc) is 2.72. The maximum absolute atomic E-state index is 13.5. The molecule has 4 rings (SSSR count). The Morgan fingerprint density at radius 1 is 1.19 bits per heavy atom. The Balaban J connectivity index is 1.64. The van der Waals surface area contributed by atoms with Crippen molar-refractivity contribution in [3.63, 3.8) is 0 Å². The van der Waals surface area contributed by atoms with E-state index >= 15 is 0 Å². The number of pyridine rings is 2. The number of alkyl halides is 2. The fourth-order valence-electron chi connectivity index (χ4n) is 3.81. The number of aliphatic hydroxyl groups excluding tert-OH is 1. The Morgan fingerprint density at radius 2 is 2.00 bits per heavy atom. The van der Waals surface area contributed by atoms with E-state index in [2.05, 4.69) is 19.6 Å². The lowest BCUT2D eigenvalue weighted by atomic mass is 9.92. The zero-order chi connectivity index (χ0) is 22.8. The first-order valence-electron chi connectivity index (χ1n) is 9.84. The number of halogens is 4. The van der Waals surface area contributed by atoms with Crippen molar-refractivity contribution in [1.82, 2.24) is 14.9 Å². The summed E-state index contributed by atoms with van der Waals surface area (Å²) >= 11 is 6.29. The summed E-state index contributed by atoms with van der Waals surface area (Å²) in [6.07, 6.45) is 0.751. The number of nitrogens with zero attached hydrogens (tertiary/aromatic N) is 3. The van der Waals surface area contributed by atoms with E-state index in [1.54, 1.807) is 18.2 Å². The zero-order valence-electron chi connectivity index (χ0n) is 16.8. The molecule has 3 heterocycles. The summed E-state index contributed by atoms with van der Waals surface area (Å²) in [6.45, 7) is -1.37. The molecule has 1 aliphatic heterocycles. The lowest BCUT2D eigenvalue weighted by molar-refractivity contribution is -0.0529. The maximum atomic E-state index is 13.5. The molecule has 0 aliphatic carbocycles. The van der Waals surface area contributed by atoms with Gasteiger partial charge in [-0.2, -0.15) is 8.78 Å². The zero-order valence-corrected chi connectivity index (χ0v) is 17.6. The number of aliphatic hydroxyl groups is 1. The topological polar surface area (TPSA) is 84.5 Å². The number of ether oxygens (including phenoxy) is 1. The molecular formula is C22H20ClF3N4O2. The van der Waals surface area contributed by atoms with Gasteiger partial charge in [0.05, 0.1) is 16.4 Å². The van der Waals surface area contributed by atoms with Crippen LogP contribution in [0.25, 0.3) is 11.1 Å². The molecule has 168 valence electrons. The van der Waals surface area contributed by atoms with Crippen LogP contribution in [0.4, 0.5) is 13.2 Å². The molecule has 0 amide bonds. The van der Waals surface area contributed by atoms with Crippen molar-refractivity contribution in [3.05, 3.63) is 75.9 Å². The molecule has 1 aromatic carbocycles. The van der Waals surface area contributed by atoms with Crippen LogP contribution in [-0.2, 0) is 19.5 Å². The van der Waals surface area contributed by atoms with Gasteiger partial charge in [-0.3, -0.25) is 9.88 Å². The molecule has 0 spiro atoms. The molecule has 0 fully saturated rings. The minimum atomic E-state index is -2.94. The Morgan fingerprint density at radius 3 is 2.72 bits per heavy atom. The van der Waals surface area contributed by atoms with Gasteiger partial charge in [-0.15, -0.1) is 0 Å². The van der Waals surface area contributed by atoms with E-state index in [1.165, 1.54) is 24.4 Å². The first kappa shape index (κ1) is 22.5. The highest BCUT2D eigenvalue weighted by atomic mass is 35.5. The van der Waals surface area contributed by atoms with Crippen LogP contribution in [0.1, 0.15) is 28.7 Å². The molecule has 1 atom stereocenters. The molecule has 0 saturated carbocycles. The summed E-state index contributed by atoms with van der Waals surface area (Å²) in [5, 5.41) is 10.2. The third-order valence-corrected chi connectivity index (χ3v) is 5.53. The van der Waals surface area contributed by atoms with Crippen LogP contribution in [0.5, 0.6) is 5.88 Å². The van der Waals surface area contributed by atoms with Gasteiger partial charge in [-0.05, 0) is 53.4 Å². The van der Waals surface area contributed by atoms with E-state index in [0.717, 1.165) is 16.7 Å². The summed E-state index contributed by atoms with van der Waals surface area (Å²) in [6, 6.07) is 9.02. The number of fused-ring (bicyclic) bond motifs is 1. The molecule has 0 saturated heterocycles. The molecule has 1 unspecified atom stereocenters. The number of benzene rings is 1. The van der Waals surface area contributed by atoms with Gasteiger partial charge < -0.3 is 15.6 Å². The van der Waals surface area contributed by atoms with Crippen LogP contribution in [-0.4, -0.2) is 33.1 Å². The Kier molecular flexibility index (Phi) is 6.61. The van der Waals surface area contributed by atoms with Gasteiger partial charge in [0.1, 0.15) is 12.0 Å². The maximum Gasteiger partial charge on any atom is 0.388 e. The van der Waals surface area contributed by atoms with Gasteiger partial charge in [0, 0.05) is 37.5 Å². The third kappa shape index (κ3) is 5.02. The molecular weight excluding hydrogens is 445 g/mol. The van der Waals surface area contributed by atoms with Crippen molar-refractivity contribution in [1.29, 1.82) is 0 Å². The summed E-state index contributed by atoms with van der Waals surface area (Å²) < 4.78 is 42.8. The number of aromatic nitrogens is 2. The second-order valence-electron chi connectivity index (χ2n) is 7.43. The number of nitrogens with two attached hydrogens (primary N) is 1.